The van der Waals surface area contributed by atoms with E-state index in [0.717, 1.165) is 44.8 Å². The van der Waals surface area contributed by atoms with Crippen LogP contribution in [0.1, 0.15) is 93.3 Å². The Kier molecular flexibility index (Phi) is 16.1. The number of nitrogens with zero attached hydrogens (tertiary/aromatic N) is 1. The van der Waals surface area contributed by atoms with Gasteiger partial charge in [0.05, 0.1) is 0 Å². The van der Waals surface area contributed by atoms with Gasteiger partial charge < -0.3 is 10.6 Å². The Labute approximate surface area is 227 Å². The van der Waals surface area contributed by atoms with Gasteiger partial charge in [0.2, 0.25) is 5.92 Å². The average molecular weight is 515 g/mol. The molecule has 2 N–H and O–H groups in total. The summed E-state index contributed by atoms with van der Waals surface area (Å²) in [4.78, 5) is 2.61. The molecule has 0 saturated heterocycles. The minimum absolute atomic E-state index is 0.173. The van der Waals surface area contributed by atoms with Crippen molar-refractivity contribution in [1.29, 1.82) is 0 Å². The van der Waals surface area contributed by atoms with Crippen LogP contribution >= 0.6 is 0 Å². The van der Waals surface area contributed by atoms with E-state index in [9.17, 15) is 8.78 Å². The first kappa shape index (κ1) is 34.6. The van der Waals surface area contributed by atoms with E-state index in [1.54, 1.807) is 28.8 Å². The molecule has 2 aromatic carbocycles. The number of benzene rings is 2. The van der Waals surface area contributed by atoms with Gasteiger partial charge in [-0.25, -0.2) is 8.78 Å². The van der Waals surface area contributed by atoms with Crippen molar-refractivity contribution in [2.45, 2.75) is 113 Å². The predicted octanol–water partition coefficient (Wildman–Crippen LogP) is 8.39. The van der Waals surface area contributed by atoms with Crippen molar-refractivity contribution < 1.29 is 8.78 Å². The number of aryl methyl sites for hydroxylation is 1. The van der Waals surface area contributed by atoms with E-state index >= 15 is 0 Å². The van der Waals surface area contributed by atoms with Crippen LogP contribution in [0.5, 0.6) is 0 Å². The normalized spacial score (nSPS) is 13.7. The van der Waals surface area contributed by atoms with Gasteiger partial charge in [-0.3, -0.25) is 0 Å². The van der Waals surface area contributed by atoms with E-state index in [1.165, 1.54) is 29.7 Å². The quantitative estimate of drug-likeness (QED) is 0.358. The Hall–Kier alpha value is -2.38. The number of rotatable bonds is 8. The van der Waals surface area contributed by atoms with Gasteiger partial charge in [-0.05, 0) is 93.2 Å². The van der Waals surface area contributed by atoms with Gasteiger partial charge in [-0.15, -0.1) is 12.8 Å². The van der Waals surface area contributed by atoms with Crippen LogP contribution < -0.4 is 10.6 Å². The molecule has 2 nitrogen and oxygen atoms in total. The van der Waals surface area contributed by atoms with Gasteiger partial charge in [0.25, 0.3) is 0 Å². The number of terminal acetylenes is 1. The summed E-state index contributed by atoms with van der Waals surface area (Å²) in [7, 11) is 0. The van der Waals surface area contributed by atoms with Gasteiger partial charge >= 0.3 is 0 Å². The number of nitrogens with two attached hydrogens (primary N) is 1. The molecule has 0 bridgehead atoms. The first-order valence-corrected chi connectivity index (χ1v) is 13.9. The summed E-state index contributed by atoms with van der Waals surface area (Å²) >= 11 is 0. The lowest BCUT2D eigenvalue weighted by atomic mass is 9.90. The molecule has 2 aromatic rings. The Balaban J connectivity index is 0.000000688. The van der Waals surface area contributed by atoms with Crippen molar-refractivity contribution in [2.24, 2.45) is 5.73 Å². The van der Waals surface area contributed by atoms with Crippen molar-refractivity contribution in [1.82, 2.24) is 0 Å². The zero-order valence-corrected chi connectivity index (χ0v) is 25.0. The highest BCUT2D eigenvalue weighted by atomic mass is 19.3. The third-order valence-corrected chi connectivity index (χ3v) is 6.57. The van der Waals surface area contributed by atoms with Gasteiger partial charge in [0.1, 0.15) is 0 Å². The summed E-state index contributed by atoms with van der Waals surface area (Å²) in [5.74, 6) is -2.60. The standard InChI is InChI=1S/C19H32N2.C10H12F2.C2H6.C2H2/c1-6-9-21(10-7-2)19-13(4)16(8-3)18-12-15(20)11-17(18)14(19)5;1-8-3-5-9(6-4-8)7-10(2,11)12;2*1-2/h15H,6-12,20H2,1-5H3;3-6H,7H2,1-2H3;1-2H3;1-2H. The average Bonchev–Trinajstić information content (AvgIpc) is 3.25. The molecule has 1 aliphatic carbocycles. The van der Waals surface area contributed by atoms with Gasteiger partial charge in [-0.2, -0.15) is 0 Å². The highest BCUT2D eigenvalue weighted by molar-refractivity contribution is 5.68. The van der Waals surface area contributed by atoms with Crippen LogP contribution in [-0.4, -0.2) is 25.1 Å². The monoisotopic (exact) mass is 514 g/mol. The van der Waals surface area contributed by atoms with Gasteiger partial charge in [0, 0.05) is 31.2 Å². The zero-order chi connectivity index (χ0) is 28.8. The molecular formula is C33H52F2N2. The lowest BCUT2D eigenvalue weighted by molar-refractivity contribution is 0.0226. The second kappa shape index (κ2) is 17.2. The third-order valence-electron chi connectivity index (χ3n) is 6.57. The summed E-state index contributed by atoms with van der Waals surface area (Å²) < 4.78 is 25.0. The molecule has 0 spiro atoms. The van der Waals surface area contributed by atoms with Crippen LogP contribution in [-0.2, 0) is 25.7 Å². The van der Waals surface area contributed by atoms with E-state index in [4.69, 9.17) is 5.73 Å². The molecule has 0 radical (unpaired) electrons. The number of alkyl halides is 2. The fraction of sp³-hybridized carbons (Fsp3) is 0.576. The molecule has 0 aromatic heterocycles. The van der Waals surface area contributed by atoms with Crippen LogP contribution in [0.3, 0.4) is 0 Å². The summed E-state index contributed by atoms with van der Waals surface area (Å²) in [5, 5.41) is 0. The summed E-state index contributed by atoms with van der Waals surface area (Å²) in [5.41, 5.74) is 17.2. The lowest BCUT2D eigenvalue weighted by Crippen LogP contribution is -2.27. The lowest BCUT2D eigenvalue weighted by Gasteiger charge is -2.30. The number of halogens is 2. The van der Waals surface area contributed by atoms with Crippen LogP contribution in [0, 0.1) is 33.6 Å². The minimum Gasteiger partial charge on any atom is -0.371 e. The number of anilines is 1. The van der Waals surface area contributed by atoms with Crippen LogP contribution in [0.2, 0.25) is 0 Å². The maximum Gasteiger partial charge on any atom is 0.249 e. The number of hydrogen-bond donors (Lipinski definition) is 1. The van der Waals surface area contributed by atoms with E-state index in [0.29, 0.717) is 11.6 Å². The molecule has 0 heterocycles. The topological polar surface area (TPSA) is 29.3 Å². The molecule has 1 unspecified atom stereocenters. The van der Waals surface area contributed by atoms with Crippen molar-refractivity contribution in [3.63, 3.8) is 0 Å². The number of fused-ring (bicyclic) bond motifs is 1. The summed E-state index contributed by atoms with van der Waals surface area (Å²) in [6, 6.07) is 7.51. The maximum absolute atomic E-state index is 12.5. The first-order valence-electron chi connectivity index (χ1n) is 13.9. The SMILES string of the molecule is C#C.CC.CCCN(CCC)c1c(C)c(CC)c2c(c1C)CC(N)C2.Cc1ccc(CC(C)(F)F)cc1. The second-order valence-electron chi connectivity index (χ2n) is 9.78. The van der Waals surface area contributed by atoms with Crippen molar-refractivity contribution in [3.05, 3.63) is 63.2 Å². The largest absolute Gasteiger partial charge is 0.371 e. The predicted molar refractivity (Wildman–Crippen MR) is 160 cm³/mol. The van der Waals surface area contributed by atoms with E-state index in [-0.39, 0.29) is 6.42 Å². The van der Waals surface area contributed by atoms with E-state index < -0.39 is 5.92 Å². The first-order chi connectivity index (χ1) is 17.5. The van der Waals surface area contributed by atoms with E-state index in [2.05, 4.69) is 52.4 Å². The molecule has 37 heavy (non-hydrogen) atoms. The van der Waals surface area contributed by atoms with Crippen LogP contribution in [0.4, 0.5) is 14.5 Å². The molecule has 0 amide bonds. The molecule has 3 rings (SSSR count). The molecular weight excluding hydrogens is 462 g/mol. The van der Waals surface area contributed by atoms with Crippen molar-refractivity contribution in [3.8, 4) is 12.8 Å². The van der Waals surface area contributed by atoms with Crippen molar-refractivity contribution >= 4 is 5.69 Å². The third kappa shape index (κ3) is 10.5. The molecule has 208 valence electrons. The maximum atomic E-state index is 12.5. The van der Waals surface area contributed by atoms with E-state index in [1.807, 2.05) is 32.9 Å². The summed E-state index contributed by atoms with van der Waals surface area (Å²) in [6.07, 6.45) is 13.5. The van der Waals surface area contributed by atoms with Gasteiger partial charge in [-0.1, -0.05) is 64.4 Å². The minimum atomic E-state index is -2.60. The van der Waals surface area contributed by atoms with Crippen LogP contribution in [0.15, 0.2) is 24.3 Å². The fourth-order valence-corrected chi connectivity index (χ4v) is 5.21. The smallest absolute Gasteiger partial charge is 0.249 e. The summed E-state index contributed by atoms with van der Waals surface area (Å²) in [6.45, 7) is 20.7. The Morgan fingerprint density at radius 3 is 1.81 bits per heavy atom. The Morgan fingerprint density at radius 2 is 1.38 bits per heavy atom. The van der Waals surface area contributed by atoms with Gasteiger partial charge in [0.15, 0.2) is 0 Å². The molecule has 0 aliphatic heterocycles. The Morgan fingerprint density at radius 1 is 0.892 bits per heavy atom. The highest BCUT2D eigenvalue weighted by Gasteiger charge is 2.27. The molecule has 1 atom stereocenters. The number of hydrogen-bond acceptors (Lipinski definition) is 2. The second-order valence-corrected chi connectivity index (χ2v) is 9.78. The Bertz CT molecular complexity index is 934. The highest BCUT2D eigenvalue weighted by Crippen LogP contribution is 2.38. The fourth-order valence-electron chi connectivity index (χ4n) is 5.21. The zero-order valence-electron chi connectivity index (χ0n) is 25.0. The molecule has 1 aliphatic rings. The molecule has 0 fully saturated rings. The molecule has 0 saturated carbocycles. The molecule has 4 heteroatoms. The van der Waals surface area contributed by atoms with Crippen LogP contribution in [0.25, 0.3) is 0 Å². The van der Waals surface area contributed by atoms with Crippen molar-refractivity contribution in [2.75, 3.05) is 18.0 Å².